The number of anilines is 1. The highest BCUT2D eigenvalue weighted by atomic mass is 32.1. The van der Waals surface area contributed by atoms with E-state index >= 15 is 0 Å². The highest BCUT2D eigenvalue weighted by Crippen LogP contribution is 2.30. The van der Waals surface area contributed by atoms with Crippen molar-refractivity contribution in [1.29, 1.82) is 0 Å². The maximum absolute atomic E-state index is 12.8. The molecule has 1 amide bonds. The molecule has 1 aromatic carbocycles. The van der Waals surface area contributed by atoms with Gasteiger partial charge in [0.05, 0.1) is 15.1 Å². The van der Waals surface area contributed by atoms with E-state index in [0.29, 0.717) is 6.54 Å². The van der Waals surface area contributed by atoms with Crippen molar-refractivity contribution >= 4 is 43.9 Å². The summed E-state index contributed by atoms with van der Waals surface area (Å²) >= 11 is 3.03. The van der Waals surface area contributed by atoms with E-state index in [1.165, 1.54) is 11.3 Å². The van der Waals surface area contributed by atoms with Crippen LogP contribution in [0.2, 0.25) is 0 Å². The van der Waals surface area contributed by atoms with E-state index in [4.69, 9.17) is 0 Å². The molecule has 0 aliphatic carbocycles. The van der Waals surface area contributed by atoms with Gasteiger partial charge in [-0.25, -0.2) is 4.98 Å². The lowest BCUT2D eigenvalue weighted by molar-refractivity contribution is 0.0989. The Bertz CT molecular complexity index is 732. The lowest BCUT2D eigenvalue weighted by Gasteiger charge is -2.21. The van der Waals surface area contributed by atoms with E-state index in [-0.39, 0.29) is 5.91 Å². The zero-order valence-electron chi connectivity index (χ0n) is 12.5. The Hall–Kier alpha value is -1.76. The van der Waals surface area contributed by atoms with E-state index in [1.807, 2.05) is 55.9 Å². The van der Waals surface area contributed by atoms with Gasteiger partial charge in [0.25, 0.3) is 5.91 Å². The molecule has 114 valence electrons. The Morgan fingerprint density at radius 1 is 1.14 bits per heavy atom. The minimum Gasteiger partial charge on any atom is -0.308 e. The number of amides is 1. The zero-order valence-corrected chi connectivity index (χ0v) is 14.2. The third kappa shape index (κ3) is 3.19. The van der Waals surface area contributed by atoms with Crippen molar-refractivity contribution in [1.82, 2.24) is 9.88 Å². The molecule has 0 spiro atoms. The molecule has 0 saturated carbocycles. The fourth-order valence-electron chi connectivity index (χ4n) is 2.09. The van der Waals surface area contributed by atoms with Gasteiger partial charge in [0, 0.05) is 13.1 Å². The van der Waals surface area contributed by atoms with Gasteiger partial charge in [0.1, 0.15) is 0 Å². The van der Waals surface area contributed by atoms with Gasteiger partial charge in [-0.3, -0.25) is 9.69 Å². The number of benzene rings is 1. The third-order valence-electron chi connectivity index (χ3n) is 3.26. The van der Waals surface area contributed by atoms with E-state index in [0.717, 1.165) is 26.8 Å². The summed E-state index contributed by atoms with van der Waals surface area (Å²) in [5.74, 6) is 0.0240. The number of hydrogen-bond donors (Lipinski definition) is 0. The maximum atomic E-state index is 12.8. The second-order valence-electron chi connectivity index (χ2n) is 5.20. The molecule has 0 N–H and O–H groups in total. The van der Waals surface area contributed by atoms with Gasteiger partial charge in [0.2, 0.25) is 0 Å². The molecule has 22 heavy (non-hydrogen) atoms. The van der Waals surface area contributed by atoms with Crippen LogP contribution >= 0.6 is 22.7 Å². The van der Waals surface area contributed by atoms with Gasteiger partial charge >= 0.3 is 0 Å². The number of hydrogen-bond acceptors (Lipinski definition) is 5. The van der Waals surface area contributed by atoms with Gasteiger partial charge in [0.15, 0.2) is 5.13 Å². The molecule has 0 bridgehead atoms. The quantitative estimate of drug-likeness (QED) is 0.717. The van der Waals surface area contributed by atoms with Crippen LogP contribution in [0.3, 0.4) is 0 Å². The molecule has 0 radical (unpaired) electrons. The average Bonchev–Trinajstić information content (AvgIpc) is 3.16. The minimum atomic E-state index is 0.0240. The number of para-hydroxylation sites is 1. The highest BCUT2D eigenvalue weighted by Gasteiger charge is 2.21. The van der Waals surface area contributed by atoms with Crippen molar-refractivity contribution in [2.24, 2.45) is 0 Å². The number of thiophene rings is 1. The summed E-state index contributed by atoms with van der Waals surface area (Å²) in [5, 5.41) is 2.69. The fourth-order valence-corrected chi connectivity index (χ4v) is 3.75. The van der Waals surface area contributed by atoms with Crippen molar-refractivity contribution in [3.05, 3.63) is 46.7 Å². The monoisotopic (exact) mass is 331 g/mol. The van der Waals surface area contributed by atoms with E-state index in [9.17, 15) is 4.79 Å². The largest absolute Gasteiger partial charge is 0.308 e. The summed E-state index contributed by atoms with van der Waals surface area (Å²) in [6, 6.07) is 11.8. The molecule has 0 unspecified atom stereocenters. The Morgan fingerprint density at radius 2 is 1.95 bits per heavy atom. The standard InChI is InChI=1S/C16H17N3OS2/c1-18(2)9-10-19(15(20)14-8-5-11-21-14)16-17-12-6-3-4-7-13(12)22-16/h3-8,11H,9-10H2,1-2H3. The lowest BCUT2D eigenvalue weighted by atomic mass is 10.3. The smallest absolute Gasteiger partial charge is 0.270 e. The normalized spacial score (nSPS) is 11.2. The van der Waals surface area contributed by atoms with Crippen molar-refractivity contribution in [3.8, 4) is 0 Å². The Morgan fingerprint density at radius 3 is 2.64 bits per heavy atom. The van der Waals surface area contributed by atoms with Crippen LogP contribution < -0.4 is 4.90 Å². The summed E-state index contributed by atoms with van der Waals surface area (Å²) in [6.45, 7) is 1.43. The summed E-state index contributed by atoms with van der Waals surface area (Å²) in [7, 11) is 4.01. The van der Waals surface area contributed by atoms with Crippen molar-refractivity contribution in [3.63, 3.8) is 0 Å². The summed E-state index contributed by atoms with van der Waals surface area (Å²) in [4.78, 5) is 22.0. The number of nitrogens with zero attached hydrogens (tertiary/aromatic N) is 3. The first-order valence-corrected chi connectivity index (χ1v) is 8.70. The summed E-state index contributed by atoms with van der Waals surface area (Å²) in [6.07, 6.45) is 0. The fraction of sp³-hybridized carbons (Fsp3) is 0.250. The molecule has 0 fully saturated rings. The van der Waals surface area contributed by atoms with Gasteiger partial charge in [-0.1, -0.05) is 29.5 Å². The number of fused-ring (bicyclic) bond motifs is 1. The van der Waals surface area contributed by atoms with Crippen LogP contribution in [0.1, 0.15) is 9.67 Å². The highest BCUT2D eigenvalue weighted by molar-refractivity contribution is 7.22. The number of carbonyl (C=O) groups excluding carboxylic acids is 1. The second-order valence-corrected chi connectivity index (χ2v) is 7.16. The van der Waals surface area contributed by atoms with Crippen LogP contribution in [-0.4, -0.2) is 43.0 Å². The molecule has 0 aliphatic heterocycles. The molecule has 3 aromatic rings. The first-order chi connectivity index (χ1) is 10.6. The van der Waals surface area contributed by atoms with Gasteiger partial charge < -0.3 is 4.90 Å². The maximum Gasteiger partial charge on any atom is 0.270 e. The van der Waals surface area contributed by atoms with E-state index in [2.05, 4.69) is 9.88 Å². The predicted octanol–water partition coefficient (Wildman–Crippen LogP) is 3.57. The van der Waals surface area contributed by atoms with Crippen LogP contribution in [0.5, 0.6) is 0 Å². The molecule has 0 atom stereocenters. The van der Waals surface area contributed by atoms with Crippen LogP contribution in [0.4, 0.5) is 5.13 Å². The Kier molecular flexibility index (Phi) is 4.52. The van der Waals surface area contributed by atoms with Gasteiger partial charge in [-0.15, -0.1) is 11.3 Å². The number of thiazole rings is 1. The second kappa shape index (κ2) is 6.56. The molecular formula is C16H17N3OS2. The average molecular weight is 331 g/mol. The molecule has 6 heteroatoms. The first kappa shape index (κ1) is 15.1. The van der Waals surface area contributed by atoms with Crippen molar-refractivity contribution < 1.29 is 4.79 Å². The summed E-state index contributed by atoms with van der Waals surface area (Å²) < 4.78 is 1.10. The minimum absolute atomic E-state index is 0.0240. The van der Waals surface area contributed by atoms with Crippen molar-refractivity contribution in [2.45, 2.75) is 0 Å². The molecule has 0 aliphatic rings. The molecule has 2 heterocycles. The van der Waals surface area contributed by atoms with Gasteiger partial charge in [-0.2, -0.15) is 0 Å². The first-order valence-electron chi connectivity index (χ1n) is 7.01. The Labute approximate surface area is 137 Å². The van der Waals surface area contributed by atoms with Crippen LogP contribution in [0, 0.1) is 0 Å². The summed E-state index contributed by atoms with van der Waals surface area (Å²) in [5.41, 5.74) is 0.941. The Balaban J connectivity index is 1.95. The zero-order chi connectivity index (χ0) is 15.5. The number of rotatable bonds is 5. The van der Waals surface area contributed by atoms with Crippen LogP contribution in [-0.2, 0) is 0 Å². The van der Waals surface area contributed by atoms with E-state index in [1.54, 1.807) is 16.2 Å². The SMILES string of the molecule is CN(C)CCN(C(=O)c1cccs1)c1nc2ccccc2s1. The van der Waals surface area contributed by atoms with Crippen LogP contribution in [0.25, 0.3) is 10.2 Å². The molecule has 2 aromatic heterocycles. The molecule has 3 rings (SSSR count). The van der Waals surface area contributed by atoms with E-state index < -0.39 is 0 Å². The molecule has 0 saturated heterocycles. The third-order valence-corrected chi connectivity index (χ3v) is 5.18. The predicted molar refractivity (Wildman–Crippen MR) is 94.2 cm³/mol. The van der Waals surface area contributed by atoms with Crippen LogP contribution in [0.15, 0.2) is 41.8 Å². The molecular weight excluding hydrogens is 314 g/mol. The molecule has 4 nitrogen and oxygen atoms in total. The number of likely N-dealkylation sites (N-methyl/N-ethyl adjacent to an activating group) is 1. The lowest BCUT2D eigenvalue weighted by Crippen LogP contribution is -2.36. The number of carbonyl (C=O) groups is 1. The van der Waals surface area contributed by atoms with Gasteiger partial charge in [-0.05, 0) is 37.7 Å². The topological polar surface area (TPSA) is 36.4 Å². The number of aromatic nitrogens is 1. The van der Waals surface area contributed by atoms with Crippen molar-refractivity contribution in [2.75, 3.05) is 32.1 Å².